The van der Waals surface area contributed by atoms with Gasteiger partial charge < -0.3 is 9.64 Å². The second kappa shape index (κ2) is 6.54. The van der Waals surface area contributed by atoms with Crippen molar-refractivity contribution in [3.63, 3.8) is 0 Å². The zero-order valence-electron chi connectivity index (χ0n) is 10.1. The van der Waals surface area contributed by atoms with E-state index in [-0.39, 0.29) is 18.7 Å². The molecular weight excluding hydrogens is 216 g/mol. The summed E-state index contributed by atoms with van der Waals surface area (Å²) in [6, 6.07) is 9.56. The lowest BCUT2D eigenvalue weighted by atomic mass is 10.2. The zero-order chi connectivity index (χ0) is 12.7. The van der Waals surface area contributed by atoms with Crippen LogP contribution in [-0.2, 0) is 11.3 Å². The number of carbonyl (C=O) groups is 1. The molecule has 1 aromatic rings. The van der Waals surface area contributed by atoms with E-state index >= 15 is 0 Å². The molecule has 0 saturated heterocycles. The smallest absolute Gasteiger partial charge is 0.223 e. The molecular formula is C13H16N2O2. The van der Waals surface area contributed by atoms with Crippen LogP contribution in [0.1, 0.15) is 18.4 Å². The predicted octanol–water partition coefficient (Wildman–Crippen LogP) is 1.96. The molecule has 0 saturated carbocycles. The molecule has 0 unspecified atom stereocenters. The first kappa shape index (κ1) is 13.0. The summed E-state index contributed by atoms with van der Waals surface area (Å²) in [5.74, 6) is 0.759. The van der Waals surface area contributed by atoms with Crippen LogP contribution in [0.25, 0.3) is 0 Å². The summed E-state index contributed by atoms with van der Waals surface area (Å²) >= 11 is 0. The van der Waals surface area contributed by atoms with Gasteiger partial charge in [-0.3, -0.25) is 4.79 Å². The lowest BCUT2D eigenvalue weighted by Gasteiger charge is -2.17. The van der Waals surface area contributed by atoms with Crippen LogP contribution in [0.2, 0.25) is 0 Å². The third-order valence-electron chi connectivity index (χ3n) is 2.43. The summed E-state index contributed by atoms with van der Waals surface area (Å²) in [4.78, 5) is 13.2. The Morgan fingerprint density at radius 3 is 2.94 bits per heavy atom. The number of hydrogen-bond acceptors (Lipinski definition) is 3. The van der Waals surface area contributed by atoms with Crippen molar-refractivity contribution < 1.29 is 9.53 Å². The first-order valence-electron chi connectivity index (χ1n) is 5.41. The fraction of sp³-hybridized carbons (Fsp3) is 0.385. The molecule has 4 heteroatoms. The number of ether oxygens (including phenoxy) is 1. The van der Waals surface area contributed by atoms with Crippen LogP contribution in [0.4, 0.5) is 0 Å². The van der Waals surface area contributed by atoms with Gasteiger partial charge in [-0.15, -0.1) is 0 Å². The van der Waals surface area contributed by atoms with Gasteiger partial charge in [0.2, 0.25) is 5.91 Å². The highest BCUT2D eigenvalue weighted by molar-refractivity contribution is 5.76. The normalized spacial score (nSPS) is 9.47. The minimum Gasteiger partial charge on any atom is -0.497 e. The van der Waals surface area contributed by atoms with Crippen LogP contribution < -0.4 is 4.74 Å². The van der Waals surface area contributed by atoms with Crippen molar-refractivity contribution in [2.75, 3.05) is 14.2 Å². The Morgan fingerprint density at radius 1 is 1.53 bits per heavy atom. The van der Waals surface area contributed by atoms with E-state index in [0.717, 1.165) is 11.3 Å². The lowest BCUT2D eigenvalue weighted by Crippen LogP contribution is -2.25. The summed E-state index contributed by atoms with van der Waals surface area (Å²) in [5, 5.41) is 8.42. The van der Waals surface area contributed by atoms with Crippen molar-refractivity contribution in [1.29, 1.82) is 5.26 Å². The first-order valence-corrected chi connectivity index (χ1v) is 5.41. The maximum Gasteiger partial charge on any atom is 0.223 e. The Labute approximate surface area is 101 Å². The highest BCUT2D eigenvalue weighted by Gasteiger charge is 2.08. The number of hydrogen-bond donors (Lipinski definition) is 0. The topological polar surface area (TPSA) is 53.3 Å². The third kappa shape index (κ3) is 4.15. The van der Waals surface area contributed by atoms with Gasteiger partial charge in [0.15, 0.2) is 0 Å². The molecule has 0 aliphatic rings. The second-order valence-electron chi connectivity index (χ2n) is 3.76. The van der Waals surface area contributed by atoms with E-state index in [1.54, 1.807) is 19.1 Å². The summed E-state index contributed by atoms with van der Waals surface area (Å²) in [7, 11) is 3.35. The molecule has 0 spiro atoms. The van der Waals surface area contributed by atoms with Gasteiger partial charge in [-0.1, -0.05) is 12.1 Å². The number of nitrogens with zero attached hydrogens (tertiary/aromatic N) is 2. The Hall–Kier alpha value is -2.02. The largest absolute Gasteiger partial charge is 0.497 e. The van der Waals surface area contributed by atoms with E-state index in [9.17, 15) is 4.79 Å². The number of amides is 1. The van der Waals surface area contributed by atoms with Crippen molar-refractivity contribution in [2.24, 2.45) is 0 Å². The van der Waals surface area contributed by atoms with Crippen LogP contribution in [-0.4, -0.2) is 25.0 Å². The molecule has 0 bridgehead atoms. The van der Waals surface area contributed by atoms with Crippen LogP contribution in [0.5, 0.6) is 5.75 Å². The Kier molecular flexibility index (Phi) is 5.02. The summed E-state index contributed by atoms with van der Waals surface area (Å²) in [6.45, 7) is 0.529. The van der Waals surface area contributed by atoms with E-state index in [4.69, 9.17) is 10.00 Å². The van der Waals surface area contributed by atoms with Crippen molar-refractivity contribution in [1.82, 2.24) is 4.90 Å². The standard InChI is InChI=1S/C13H16N2O2/c1-15(13(16)7-4-8-14)10-11-5-3-6-12(9-11)17-2/h3,5-6,9H,4,7,10H2,1-2H3. The van der Waals surface area contributed by atoms with E-state index in [0.29, 0.717) is 6.54 Å². The Balaban J connectivity index is 2.58. The van der Waals surface area contributed by atoms with Crippen LogP contribution in [0.15, 0.2) is 24.3 Å². The predicted molar refractivity (Wildman–Crippen MR) is 64.3 cm³/mol. The zero-order valence-corrected chi connectivity index (χ0v) is 10.1. The molecule has 0 aliphatic carbocycles. The quantitative estimate of drug-likeness (QED) is 0.779. The van der Waals surface area contributed by atoms with Gasteiger partial charge in [-0.2, -0.15) is 5.26 Å². The number of nitriles is 1. The number of rotatable bonds is 5. The molecule has 0 radical (unpaired) electrons. The molecule has 1 aromatic carbocycles. The van der Waals surface area contributed by atoms with Gasteiger partial charge in [-0.25, -0.2) is 0 Å². The van der Waals surface area contributed by atoms with Crippen LogP contribution in [0.3, 0.4) is 0 Å². The molecule has 1 amide bonds. The van der Waals surface area contributed by atoms with E-state index < -0.39 is 0 Å². The SMILES string of the molecule is COc1cccc(CN(C)C(=O)CCC#N)c1. The van der Waals surface area contributed by atoms with Gasteiger partial charge in [0.05, 0.1) is 13.2 Å². The first-order chi connectivity index (χ1) is 8.17. The number of carbonyl (C=O) groups excluding carboxylic acids is 1. The molecule has 4 nitrogen and oxygen atoms in total. The molecule has 1 rings (SSSR count). The molecule has 0 fully saturated rings. The van der Waals surface area contributed by atoms with E-state index in [1.807, 2.05) is 30.3 Å². The maximum absolute atomic E-state index is 11.6. The third-order valence-corrected chi connectivity index (χ3v) is 2.43. The summed E-state index contributed by atoms with van der Waals surface area (Å²) in [5.41, 5.74) is 1.01. The summed E-state index contributed by atoms with van der Waals surface area (Å²) < 4.78 is 5.12. The monoisotopic (exact) mass is 232 g/mol. The van der Waals surface area contributed by atoms with Gasteiger partial charge in [-0.05, 0) is 17.7 Å². The average Bonchev–Trinajstić information content (AvgIpc) is 2.36. The molecule has 90 valence electrons. The van der Waals surface area contributed by atoms with E-state index in [2.05, 4.69) is 0 Å². The Bertz CT molecular complexity index is 424. The van der Waals surface area contributed by atoms with Gasteiger partial charge in [0.25, 0.3) is 0 Å². The van der Waals surface area contributed by atoms with E-state index in [1.165, 1.54) is 0 Å². The highest BCUT2D eigenvalue weighted by atomic mass is 16.5. The van der Waals surface area contributed by atoms with Crippen molar-refractivity contribution in [3.8, 4) is 11.8 Å². The van der Waals surface area contributed by atoms with Crippen molar-refractivity contribution in [3.05, 3.63) is 29.8 Å². The molecule has 0 aliphatic heterocycles. The van der Waals surface area contributed by atoms with Gasteiger partial charge >= 0.3 is 0 Å². The lowest BCUT2D eigenvalue weighted by molar-refractivity contribution is -0.130. The molecule has 0 heterocycles. The van der Waals surface area contributed by atoms with Crippen molar-refractivity contribution >= 4 is 5.91 Å². The molecule has 17 heavy (non-hydrogen) atoms. The number of methoxy groups -OCH3 is 1. The van der Waals surface area contributed by atoms with Crippen molar-refractivity contribution in [2.45, 2.75) is 19.4 Å². The molecule has 0 N–H and O–H groups in total. The summed E-state index contributed by atoms with van der Waals surface area (Å²) in [6.07, 6.45) is 0.540. The Morgan fingerprint density at radius 2 is 2.29 bits per heavy atom. The fourth-order valence-electron chi connectivity index (χ4n) is 1.49. The minimum atomic E-state index is -0.0191. The maximum atomic E-state index is 11.6. The van der Waals surface area contributed by atoms with Gasteiger partial charge in [0, 0.05) is 26.4 Å². The van der Waals surface area contributed by atoms with Crippen LogP contribution >= 0.6 is 0 Å². The number of benzene rings is 1. The minimum absolute atomic E-state index is 0.0191. The average molecular weight is 232 g/mol. The van der Waals surface area contributed by atoms with Crippen LogP contribution in [0, 0.1) is 11.3 Å². The van der Waals surface area contributed by atoms with Gasteiger partial charge in [0.1, 0.15) is 5.75 Å². The fourth-order valence-corrected chi connectivity index (χ4v) is 1.49. The molecule has 0 aromatic heterocycles. The highest BCUT2D eigenvalue weighted by Crippen LogP contribution is 2.14. The second-order valence-corrected chi connectivity index (χ2v) is 3.76. The molecule has 0 atom stereocenters.